The van der Waals surface area contributed by atoms with Crippen LogP contribution in [-0.2, 0) is 9.53 Å². The highest BCUT2D eigenvalue weighted by molar-refractivity contribution is 5.76. The molecule has 1 amide bonds. The first-order valence-electron chi connectivity index (χ1n) is 8.51. The van der Waals surface area contributed by atoms with E-state index >= 15 is 0 Å². The van der Waals surface area contributed by atoms with Crippen molar-refractivity contribution >= 4 is 5.91 Å². The van der Waals surface area contributed by atoms with E-state index in [0.29, 0.717) is 44.7 Å². The third-order valence-electron chi connectivity index (χ3n) is 4.25. The molecule has 1 heterocycles. The van der Waals surface area contributed by atoms with Gasteiger partial charge in [0.25, 0.3) is 0 Å². The molecule has 0 radical (unpaired) electrons. The number of aliphatic hydroxyl groups excluding tert-OH is 1. The molecular formula is C18H27FN2O3. The molecule has 2 N–H and O–H groups in total. The number of amides is 1. The Morgan fingerprint density at radius 3 is 2.50 bits per heavy atom. The van der Waals surface area contributed by atoms with Gasteiger partial charge in [-0.3, -0.25) is 4.79 Å². The Morgan fingerprint density at radius 2 is 1.88 bits per heavy atom. The van der Waals surface area contributed by atoms with Gasteiger partial charge in [-0.15, -0.1) is 0 Å². The van der Waals surface area contributed by atoms with Crippen molar-refractivity contribution in [3.63, 3.8) is 0 Å². The van der Waals surface area contributed by atoms with Crippen molar-refractivity contribution < 1.29 is 19.0 Å². The molecule has 1 aliphatic rings. The summed E-state index contributed by atoms with van der Waals surface area (Å²) in [7, 11) is 0. The molecule has 0 saturated carbocycles. The van der Waals surface area contributed by atoms with Crippen molar-refractivity contribution in [1.29, 1.82) is 0 Å². The zero-order chi connectivity index (χ0) is 17.5. The maximum atomic E-state index is 12.9. The summed E-state index contributed by atoms with van der Waals surface area (Å²) in [6.45, 7) is 6.47. The van der Waals surface area contributed by atoms with Crippen molar-refractivity contribution in [1.82, 2.24) is 10.2 Å². The molecule has 1 aliphatic heterocycles. The molecule has 2 rings (SSSR count). The van der Waals surface area contributed by atoms with E-state index in [2.05, 4.69) is 5.32 Å². The van der Waals surface area contributed by atoms with Gasteiger partial charge in [-0.25, -0.2) is 4.39 Å². The molecule has 6 heteroatoms. The Balaban J connectivity index is 1.75. The summed E-state index contributed by atoms with van der Waals surface area (Å²) in [5.41, 5.74) is 0.696. The minimum absolute atomic E-state index is 0.0239. The second kappa shape index (κ2) is 9.11. The predicted molar refractivity (Wildman–Crippen MR) is 90.1 cm³/mol. The lowest BCUT2D eigenvalue weighted by atomic mass is 10.0. The monoisotopic (exact) mass is 338 g/mol. The molecule has 0 aromatic heterocycles. The molecule has 1 aromatic rings. The van der Waals surface area contributed by atoms with Gasteiger partial charge >= 0.3 is 0 Å². The number of hydrogen-bond donors (Lipinski definition) is 2. The van der Waals surface area contributed by atoms with Crippen molar-refractivity contribution in [2.45, 2.75) is 44.9 Å². The molecule has 134 valence electrons. The molecule has 24 heavy (non-hydrogen) atoms. The standard InChI is InChI=1S/C18H27FN2O3/c1-13(11-17(22)15-3-5-16(19)6-4-15)20-14(2)12-18(23)21-7-9-24-10-8-21/h3-6,13-14,17,20,22H,7-12H2,1-2H3. The number of halogens is 1. The minimum atomic E-state index is -0.657. The van der Waals surface area contributed by atoms with Crippen LogP contribution < -0.4 is 5.32 Å². The van der Waals surface area contributed by atoms with Gasteiger partial charge in [0.2, 0.25) is 5.91 Å². The maximum Gasteiger partial charge on any atom is 0.224 e. The normalized spacial score (nSPS) is 18.9. The molecule has 3 atom stereocenters. The van der Waals surface area contributed by atoms with Gasteiger partial charge in [0.1, 0.15) is 5.82 Å². The number of morpholine rings is 1. The molecule has 0 aliphatic carbocycles. The van der Waals surface area contributed by atoms with Crippen LogP contribution in [0.5, 0.6) is 0 Å². The largest absolute Gasteiger partial charge is 0.388 e. The Hall–Kier alpha value is -1.50. The highest BCUT2D eigenvalue weighted by Gasteiger charge is 2.20. The Kier molecular flexibility index (Phi) is 7.15. The van der Waals surface area contributed by atoms with Crippen LogP contribution in [0, 0.1) is 5.82 Å². The summed E-state index contributed by atoms with van der Waals surface area (Å²) >= 11 is 0. The van der Waals surface area contributed by atoms with E-state index in [1.54, 1.807) is 12.1 Å². The molecule has 3 unspecified atom stereocenters. The predicted octanol–water partition coefficient (Wildman–Crippen LogP) is 1.86. The number of rotatable bonds is 7. The Morgan fingerprint density at radius 1 is 1.25 bits per heavy atom. The average Bonchev–Trinajstić information content (AvgIpc) is 2.55. The molecular weight excluding hydrogens is 311 g/mol. The van der Waals surface area contributed by atoms with Gasteiger partial charge < -0.3 is 20.1 Å². The quantitative estimate of drug-likeness (QED) is 0.797. The van der Waals surface area contributed by atoms with Crippen LogP contribution in [0.2, 0.25) is 0 Å². The van der Waals surface area contributed by atoms with Crippen LogP contribution in [0.15, 0.2) is 24.3 Å². The molecule has 1 fully saturated rings. The third kappa shape index (κ3) is 5.85. The topological polar surface area (TPSA) is 61.8 Å². The van der Waals surface area contributed by atoms with Crippen molar-refractivity contribution in [2.24, 2.45) is 0 Å². The van der Waals surface area contributed by atoms with Crippen LogP contribution >= 0.6 is 0 Å². The molecule has 0 bridgehead atoms. The van der Waals surface area contributed by atoms with Crippen LogP contribution in [0.25, 0.3) is 0 Å². The fourth-order valence-electron chi connectivity index (χ4n) is 2.97. The van der Waals surface area contributed by atoms with E-state index in [9.17, 15) is 14.3 Å². The fraction of sp³-hybridized carbons (Fsp3) is 0.611. The lowest BCUT2D eigenvalue weighted by molar-refractivity contribution is -0.135. The van der Waals surface area contributed by atoms with E-state index in [1.807, 2.05) is 18.7 Å². The summed E-state index contributed by atoms with van der Waals surface area (Å²) in [6, 6.07) is 5.95. The van der Waals surface area contributed by atoms with Crippen molar-refractivity contribution in [3.05, 3.63) is 35.6 Å². The number of nitrogens with zero attached hydrogens (tertiary/aromatic N) is 1. The molecule has 1 aromatic carbocycles. The van der Waals surface area contributed by atoms with E-state index in [-0.39, 0.29) is 23.8 Å². The Bertz CT molecular complexity index is 518. The van der Waals surface area contributed by atoms with Gasteiger partial charge in [0.05, 0.1) is 19.3 Å². The summed E-state index contributed by atoms with van der Waals surface area (Å²) in [5, 5.41) is 13.6. The number of carbonyl (C=O) groups excluding carboxylic acids is 1. The van der Waals surface area contributed by atoms with Crippen molar-refractivity contribution in [2.75, 3.05) is 26.3 Å². The molecule has 5 nitrogen and oxygen atoms in total. The van der Waals surface area contributed by atoms with Gasteiger partial charge in [-0.1, -0.05) is 12.1 Å². The van der Waals surface area contributed by atoms with E-state index in [1.165, 1.54) is 12.1 Å². The third-order valence-corrected chi connectivity index (χ3v) is 4.25. The van der Waals surface area contributed by atoms with Crippen molar-refractivity contribution in [3.8, 4) is 0 Å². The zero-order valence-corrected chi connectivity index (χ0v) is 14.4. The first-order valence-corrected chi connectivity index (χ1v) is 8.51. The van der Waals surface area contributed by atoms with Gasteiger partial charge in [0.15, 0.2) is 0 Å². The SMILES string of the molecule is CC(CC(=O)N1CCOCC1)NC(C)CC(O)c1ccc(F)cc1. The van der Waals surface area contributed by atoms with Gasteiger partial charge in [0, 0.05) is 31.6 Å². The average molecular weight is 338 g/mol. The lowest BCUT2D eigenvalue weighted by Gasteiger charge is -2.29. The maximum absolute atomic E-state index is 12.9. The number of aliphatic hydroxyl groups is 1. The second-order valence-electron chi connectivity index (χ2n) is 6.47. The van der Waals surface area contributed by atoms with E-state index < -0.39 is 6.10 Å². The fourth-order valence-corrected chi connectivity index (χ4v) is 2.97. The lowest BCUT2D eigenvalue weighted by Crippen LogP contribution is -2.44. The van der Waals surface area contributed by atoms with Crippen LogP contribution in [-0.4, -0.2) is 54.3 Å². The Labute approximate surface area is 142 Å². The zero-order valence-electron chi connectivity index (χ0n) is 14.4. The van der Waals surface area contributed by atoms with Crippen LogP contribution in [0.1, 0.15) is 38.4 Å². The molecule has 0 spiro atoms. The van der Waals surface area contributed by atoms with Gasteiger partial charge in [-0.2, -0.15) is 0 Å². The minimum Gasteiger partial charge on any atom is -0.388 e. The number of ether oxygens (including phenoxy) is 1. The number of nitrogens with one attached hydrogen (secondary N) is 1. The number of carbonyl (C=O) groups is 1. The van der Waals surface area contributed by atoms with Gasteiger partial charge in [-0.05, 0) is 38.0 Å². The highest BCUT2D eigenvalue weighted by atomic mass is 19.1. The highest BCUT2D eigenvalue weighted by Crippen LogP contribution is 2.19. The van der Waals surface area contributed by atoms with Crippen LogP contribution in [0.4, 0.5) is 4.39 Å². The van der Waals surface area contributed by atoms with E-state index in [4.69, 9.17) is 4.74 Å². The summed E-state index contributed by atoms with van der Waals surface area (Å²) < 4.78 is 18.2. The molecule has 1 saturated heterocycles. The smallest absolute Gasteiger partial charge is 0.224 e. The summed E-state index contributed by atoms with van der Waals surface area (Å²) in [4.78, 5) is 14.0. The first kappa shape index (κ1) is 18.8. The summed E-state index contributed by atoms with van der Waals surface area (Å²) in [6.07, 6.45) is 0.272. The van der Waals surface area contributed by atoms with Crippen LogP contribution in [0.3, 0.4) is 0 Å². The first-order chi connectivity index (χ1) is 11.5. The second-order valence-corrected chi connectivity index (χ2v) is 6.47. The van der Waals surface area contributed by atoms with E-state index in [0.717, 1.165) is 0 Å². The summed E-state index contributed by atoms with van der Waals surface area (Å²) in [5.74, 6) is -0.183. The number of benzene rings is 1. The number of hydrogen-bond acceptors (Lipinski definition) is 4.